The highest BCUT2D eigenvalue weighted by Crippen LogP contribution is 2.21. The van der Waals surface area contributed by atoms with Crippen molar-refractivity contribution < 1.29 is 9.59 Å². The third-order valence-electron chi connectivity index (χ3n) is 2.59. The van der Waals surface area contributed by atoms with E-state index in [1.54, 1.807) is 24.6 Å². The summed E-state index contributed by atoms with van der Waals surface area (Å²) in [5, 5.41) is 11.1. The van der Waals surface area contributed by atoms with Crippen molar-refractivity contribution >= 4 is 23.6 Å². The van der Waals surface area contributed by atoms with E-state index in [1.165, 1.54) is 11.8 Å². The first-order valence-corrected chi connectivity index (χ1v) is 7.05. The SMILES string of the molecule is C=CCNC(=O)[C@H](C)Sc1nnc(CCC(N)=O)n1C. The number of aromatic nitrogens is 3. The summed E-state index contributed by atoms with van der Waals surface area (Å²) >= 11 is 1.31. The number of hydrogen-bond acceptors (Lipinski definition) is 5. The predicted molar refractivity (Wildman–Crippen MR) is 77.0 cm³/mol. The highest BCUT2D eigenvalue weighted by molar-refractivity contribution is 8.00. The van der Waals surface area contributed by atoms with Gasteiger partial charge in [-0.25, -0.2) is 0 Å². The van der Waals surface area contributed by atoms with Gasteiger partial charge in [-0.2, -0.15) is 0 Å². The molecule has 0 aliphatic heterocycles. The monoisotopic (exact) mass is 297 g/mol. The topological polar surface area (TPSA) is 103 Å². The second-order valence-corrected chi connectivity index (χ2v) is 5.53. The number of aryl methyl sites for hydroxylation is 1. The maximum Gasteiger partial charge on any atom is 0.233 e. The van der Waals surface area contributed by atoms with Crippen LogP contribution in [0.2, 0.25) is 0 Å². The van der Waals surface area contributed by atoms with Crippen LogP contribution < -0.4 is 11.1 Å². The minimum atomic E-state index is -0.376. The number of rotatable bonds is 8. The molecular formula is C12H19N5O2S. The van der Waals surface area contributed by atoms with Crippen LogP contribution in [0.25, 0.3) is 0 Å². The van der Waals surface area contributed by atoms with Gasteiger partial charge in [0.2, 0.25) is 11.8 Å². The lowest BCUT2D eigenvalue weighted by molar-refractivity contribution is -0.120. The fourth-order valence-corrected chi connectivity index (χ4v) is 2.29. The van der Waals surface area contributed by atoms with E-state index in [4.69, 9.17) is 5.73 Å². The lowest BCUT2D eigenvalue weighted by atomic mass is 10.3. The van der Waals surface area contributed by atoms with Crippen molar-refractivity contribution in [3.63, 3.8) is 0 Å². The minimum absolute atomic E-state index is 0.0865. The average Bonchev–Trinajstić information content (AvgIpc) is 2.74. The number of nitrogens with one attached hydrogen (secondary N) is 1. The molecule has 1 rings (SSSR count). The number of nitrogens with two attached hydrogens (primary N) is 1. The summed E-state index contributed by atoms with van der Waals surface area (Å²) in [6.07, 6.45) is 2.29. The van der Waals surface area contributed by atoms with Crippen LogP contribution in [0.4, 0.5) is 0 Å². The average molecular weight is 297 g/mol. The fraction of sp³-hybridized carbons (Fsp3) is 0.500. The fourth-order valence-electron chi connectivity index (χ4n) is 1.43. The van der Waals surface area contributed by atoms with Crippen LogP contribution in [-0.4, -0.2) is 38.4 Å². The van der Waals surface area contributed by atoms with Crippen LogP contribution in [-0.2, 0) is 23.1 Å². The van der Waals surface area contributed by atoms with E-state index >= 15 is 0 Å². The number of primary amides is 1. The first-order valence-electron chi connectivity index (χ1n) is 6.17. The second kappa shape index (κ2) is 7.68. The molecule has 1 atom stereocenters. The third-order valence-corrected chi connectivity index (χ3v) is 3.73. The van der Waals surface area contributed by atoms with Gasteiger partial charge in [-0.3, -0.25) is 9.59 Å². The summed E-state index contributed by atoms with van der Waals surface area (Å²) in [4.78, 5) is 22.5. The van der Waals surface area contributed by atoms with Gasteiger partial charge in [0.05, 0.1) is 5.25 Å². The zero-order valence-electron chi connectivity index (χ0n) is 11.6. The van der Waals surface area contributed by atoms with E-state index in [0.29, 0.717) is 23.9 Å². The van der Waals surface area contributed by atoms with E-state index in [-0.39, 0.29) is 23.5 Å². The van der Waals surface area contributed by atoms with Gasteiger partial charge < -0.3 is 15.6 Å². The molecule has 1 aromatic rings. The third kappa shape index (κ3) is 4.69. The second-order valence-electron chi connectivity index (χ2n) is 4.22. The summed E-state index contributed by atoms with van der Waals surface area (Å²) in [5.41, 5.74) is 5.10. The van der Waals surface area contributed by atoms with Crippen LogP contribution in [0.1, 0.15) is 19.2 Å². The van der Waals surface area contributed by atoms with Crippen molar-refractivity contribution in [1.82, 2.24) is 20.1 Å². The standard InChI is InChI=1S/C12H19N5O2S/c1-4-7-14-11(19)8(2)20-12-16-15-10(17(12)3)6-5-9(13)18/h4,8H,1,5-7H2,2-3H3,(H2,13,18)(H,14,19)/t8-/m0/s1. The molecule has 0 bridgehead atoms. The molecule has 0 spiro atoms. The Morgan fingerprint density at radius 2 is 2.25 bits per heavy atom. The van der Waals surface area contributed by atoms with Gasteiger partial charge in [0, 0.05) is 26.4 Å². The molecule has 3 N–H and O–H groups in total. The van der Waals surface area contributed by atoms with E-state index in [0.717, 1.165) is 0 Å². The lowest BCUT2D eigenvalue weighted by Gasteiger charge is -2.10. The molecule has 2 amide bonds. The molecule has 1 aromatic heterocycles. The van der Waals surface area contributed by atoms with E-state index in [2.05, 4.69) is 22.1 Å². The lowest BCUT2D eigenvalue weighted by Crippen LogP contribution is -2.31. The van der Waals surface area contributed by atoms with Crippen LogP contribution >= 0.6 is 11.8 Å². The molecule has 20 heavy (non-hydrogen) atoms. The Morgan fingerprint density at radius 3 is 2.85 bits per heavy atom. The van der Waals surface area contributed by atoms with Crippen LogP contribution in [0, 0.1) is 0 Å². The number of hydrogen-bond donors (Lipinski definition) is 2. The maximum atomic E-state index is 11.7. The largest absolute Gasteiger partial charge is 0.370 e. The Hall–Kier alpha value is -1.83. The molecule has 0 unspecified atom stereocenters. The zero-order chi connectivity index (χ0) is 15.1. The van der Waals surface area contributed by atoms with Gasteiger partial charge in [-0.15, -0.1) is 16.8 Å². The van der Waals surface area contributed by atoms with Crippen molar-refractivity contribution in [3.05, 3.63) is 18.5 Å². The summed E-state index contributed by atoms with van der Waals surface area (Å²) in [5.74, 6) is 0.209. The molecule has 0 radical (unpaired) electrons. The quantitative estimate of drug-likeness (QED) is 0.520. The number of carbonyl (C=O) groups excluding carboxylic acids is 2. The molecule has 0 fully saturated rings. The van der Waals surface area contributed by atoms with Crippen LogP contribution in [0.5, 0.6) is 0 Å². The number of nitrogens with zero attached hydrogens (tertiary/aromatic N) is 3. The number of thioether (sulfide) groups is 1. The predicted octanol–water partition coefficient (Wildman–Crippen LogP) is 0.0158. The molecule has 0 aromatic carbocycles. The Labute approximate surface area is 122 Å². The molecule has 0 aliphatic carbocycles. The van der Waals surface area contributed by atoms with Crippen LogP contribution in [0.15, 0.2) is 17.8 Å². The van der Waals surface area contributed by atoms with Crippen molar-refractivity contribution in [3.8, 4) is 0 Å². The van der Waals surface area contributed by atoms with Gasteiger partial charge in [-0.05, 0) is 6.92 Å². The van der Waals surface area contributed by atoms with Gasteiger partial charge in [-0.1, -0.05) is 17.8 Å². The highest BCUT2D eigenvalue weighted by atomic mass is 32.2. The normalized spacial score (nSPS) is 11.9. The summed E-state index contributed by atoms with van der Waals surface area (Å²) < 4.78 is 1.77. The minimum Gasteiger partial charge on any atom is -0.370 e. The van der Waals surface area contributed by atoms with Crippen molar-refractivity contribution in [1.29, 1.82) is 0 Å². The molecule has 110 valence electrons. The molecule has 0 saturated carbocycles. The first-order chi connectivity index (χ1) is 9.45. The summed E-state index contributed by atoms with van der Waals surface area (Å²) in [6.45, 7) is 5.77. The molecule has 8 heteroatoms. The molecule has 0 aliphatic rings. The van der Waals surface area contributed by atoms with Gasteiger partial charge in [0.15, 0.2) is 5.16 Å². The highest BCUT2D eigenvalue weighted by Gasteiger charge is 2.18. The first kappa shape index (κ1) is 16.2. The van der Waals surface area contributed by atoms with Crippen LogP contribution in [0.3, 0.4) is 0 Å². The summed E-state index contributed by atoms with van der Waals surface area (Å²) in [6, 6.07) is 0. The van der Waals surface area contributed by atoms with Crippen molar-refractivity contribution in [2.75, 3.05) is 6.54 Å². The zero-order valence-corrected chi connectivity index (χ0v) is 12.4. The molecule has 0 saturated heterocycles. The Bertz CT molecular complexity index is 500. The smallest absolute Gasteiger partial charge is 0.233 e. The van der Waals surface area contributed by atoms with Crippen molar-refractivity contribution in [2.24, 2.45) is 12.8 Å². The Morgan fingerprint density at radius 1 is 1.55 bits per heavy atom. The summed E-state index contributed by atoms with van der Waals surface area (Å²) in [7, 11) is 1.80. The number of amides is 2. The van der Waals surface area contributed by atoms with E-state index < -0.39 is 0 Å². The van der Waals surface area contributed by atoms with Gasteiger partial charge >= 0.3 is 0 Å². The molecular weight excluding hydrogens is 278 g/mol. The van der Waals surface area contributed by atoms with E-state index in [9.17, 15) is 9.59 Å². The Kier molecular flexibility index (Phi) is 6.23. The number of carbonyl (C=O) groups is 2. The Balaban J connectivity index is 2.61. The van der Waals surface area contributed by atoms with Crippen molar-refractivity contribution in [2.45, 2.75) is 30.2 Å². The molecule has 1 heterocycles. The molecule has 7 nitrogen and oxygen atoms in total. The van der Waals surface area contributed by atoms with E-state index in [1.807, 2.05) is 0 Å². The van der Waals surface area contributed by atoms with Gasteiger partial charge in [0.25, 0.3) is 0 Å². The van der Waals surface area contributed by atoms with Gasteiger partial charge in [0.1, 0.15) is 5.82 Å². The maximum absolute atomic E-state index is 11.7.